The first-order valence-corrected chi connectivity index (χ1v) is 9.88. The van der Waals surface area contributed by atoms with Crippen molar-refractivity contribution in [1.29, 1.82) is 0 Å². The molecule has 1 atom stereocenters. The van der Waals surface area contributed by atoms with Crippen LogP contribution >= 0.6 is 0 Å². The monoisotopic (exact) mass is 414 g/mol. The van der Waals surface area contributed by atoms with Gasteiger partial charge in [-0.2, -0.15) is 4.98 Å². The third-order valence-corrected chi connectivity index (χ3v) is 5.05. The maximum Gasteiger partial charge on any atom is 0.248 e. The van der Waals surface area contributed by atoms with Gasteiger partial charge in [0.1, 0.15) is 29.6 Å². The number of ether oxygens (including phenoxy) is 1. The fraction of sp³-hybridized carbons (Fsp3) is 0.381. The van der Waals surface area contributed by atoms with Gasteiger partial charge in [-0.05, 0) is 55.5 Å². The van der Waals surface area contributed by atoms with Gasteiger partial charge in [-0.25, -0.2) is 18.4 Å². The first kappa shape index (κ1) is 20.2. The van der Waals surface area contributed by atoms with E-state index in [0.717, 1.165) is 50.0 Å². The molecule has 3 heterocycles. The lowest BCUT2D eigenvalue weighted by atomic mass is 9.99. The summed E-state index contributed by atoms with van der Waals surface area (Å²) in [6.07, 6.45) is 3.65. The zero-order valence-corrected chi connectivity index (χ0v) is 17.0. The first-order valence-electron chi connectivity index (χ1n) is 9.88. The minimum absolute atomic E-state index is 0.253. The van der Waals surface area contributed by atoms with Crippen LogP contribution in [0.2, 0.25) is 0 Å². The van der Waals surface area contributed by atoms with E-state index in [-0.39, 0.29) is 5.69 Å². The molecule has 1 aromatic carbocycles. The molecule has 30 heavy (non-hydrogen) atoms. The zero-order chi connectivity index (χ0) is 21.1. The van der Waals surface area contributed by atoms with Crippen molar-refractivity contribution in [2.45, 2.75) is 19.8 Å². The van der Waals surface area contributed by atoms with Crippen molar-refractivity contribution in [3.8, 4) is 5.69 Å². The quantitative estimate of drug-likeness (QED) is 0.661. The predicted molar refractivity (Wildman–Crippen MR) is 110 cm³/mol. The second-order valence-corrected chi connectivity index (χ2v) is 7.56. The van der Waals surface area contributed by atoms with Crippen molar-refractivity contribution >= 4 is 17.6 Å². The number of nitrogens with one attached hydrogen (secondary N) is 1. The molecular weight excluding hydrogens is 390 g/mol. The summed E-state index contributed by atoms with van der Waals surface area (Å²) in [7, 11) is 1.73. The van der Waals surface area contributed by atoms with Crippen molar-refractivity contribution < 1.29 is 13.5 Å². The molecule has 1 unspecified atom stereocenters. The molecule has 7 nitrogen and oxygen atoms in total. The highest BCUT2D eigenvalue weighted by Gasteiger charge is 2.21. The van der Waals surface area contributed by atoms with E-state index in [1.807, 2.05) is 13.0 Å². The average molecular weight is 414 g/mol. The molecule has 9 heteroatoms. The maximum absolute atomic E-state index is 13.5. The van der Waals surface area contributed by atoms with E-state index < -0.39 is 11.6 Å². The van der Waals surface area contributed by atoms with Crippen LogP contribution in [-0.4, -0.2) is 46.6 Å². The summed E-state index contributed by atoms with van der Waals surface area (Å²) in [6, 6.07) is 7.16. The Hall–Kier alpha value is -3.07. The Morgan fingerprint density at radius 2 is 1.97 bits per heavy atom. The molecule has 1 aliphatic rings. The number of hydrogen-bond donors (Lipinski definition) is 1. The van der Waals surface area contributed by atoms with E-state index in [1.165, 1.54) is 23.1 Å². The van der Waals surface area contributed by atoms with Gasteiger partial charge in [-0.15, -0.1) is 5.10 Å². The van der Waals surface area contributed by atoms with Crippen LogP contribution in [-0.2, 0) is 4.74 Å². The van der Waals surface area contributed by atoms with Crippen LogP contribution in [0.15, 0.2) is 36.7 Å². The van der Waals surface area contributed by atoms with Crippen LogP contribution < -0.4 is 10.2 Å². The highest BCUT2D eigenvalue weighted by Crippen LogP contribution is 2.25. The van der Waals surface area contributed by atoms with Crippen LogP contribution in [0.5, 0.6) is 0 Å². The van der Waals surface area contributed by atoms with Gasteiger partial charge in [-0.3, -0.25) is 0 Å². The third-order valence-electron chi connectivity index (χ3n) is 5.05. The lowest BCUT2D eigenvalue weighted by Gasteiger charge is -2.33. The second kappa shape index (κ2) is 8.74. The normalized spacial score (nSPS) is 16.7. The Bertz CT molecular complexity index is 1000. The Morgan fingerprint density at radius 3 is 2.73 bits per heavy atom. The van der Waals surface area contributed by atoms with Crippen molar-refractivity contribution in [2.24, 2.45) is 5.92 Å². The maximum atomic E-state index is 13.5. The first-order chi connectivity index (χ1) is 14.5. The van der Waals surface area contributed by atoms with Gasteiger partial charge >= 0.3 is 0 Å². The number of aryl methyl sites for hydroxylation is 1. The number of halogens is 2. The summed E-state index contributed by atoms with van der Waals surface area (Å²) in [4.78, 5) is 11.2. The topological polar surface area (TPSA) is 68.1 Å². The molecule has 1 saturated heterocycles. The van der Waals surface area contributed by atoms with Gasteiger partial charge < -0.3 is 15.0 Å². The number of pyridine rings is 1. The number of piperidine rings is 1. The van der Waals surface area contributed by atoms with E-state index in [0.29, 0.717) is 17.7 Å². The number of methoxy groups -OCH3 is 1. The van der Waals surface area contributed by atoms with E-state index in [4.69, 9.17) is 9.72 Å². The van der Waals surface area contributed by atoms with Gasteiger partial charge in [0.15, 0.2) is 0 Å². The summed E-state index contributed by atoms with van der Waals surface area (Å²) >= 11 is 0. The van der Waals surface area contributed by atoms with Gasteiger partial charge in [0.05, 0.1) is 12.3 Å². The van der Waals surface area contributed by atoms with Crippen molar-refractivity contribution in [1.82, 2.24) is 19.7 Å². The molecular formula is C21H24F2N6O. The molecule has 1 fully saturated rings. The average Bonchev–Trinajstić information content (AvgIpc) is 3.16. The zero-order valence-electron chi connectivity index (χ0n) is 17.0. The lowest BCUT2D eigenvalue weighted by molar-refractivity contribution is 0.143. The smallest absolute Gasteiger partial charge is 0.248 e. The van der Waals surface area contributed by atoms with Crippen LogP contribution in [0.3, 0.4) is 0 Å². The van der Waals surface area contributed by atoms with Crippen molar-refractivity contribution in [3.63, 3.8) is 0 Å². The Balaban J connectivity index is 1.52. The molecule has 0 saturated carbocycles. The molecule has 1 aliphatic heterocycles. The molecule has 1 N–H and O–H groups in total. The number of hydrogen-bond acceptors (Lipinski definition) is 6. The summed E-state index contributed by atoms with van der Waals surface area (Å²) in [5, 5.41) is 7.34. The summed E-state index contributed by atoms with van der Waals surface area (Å²) < 4.78 is 33.6. The minimum atomic E-state index is -0.673. The van der Waals surface area contributed by atoms with Gasteiger partial charge in [0.2, 0.25) is 5.95 Å². The van der Waals surface area contributed by atoms with Gasteiger partial charge in [0, 0.05) is 26.3 Å². The molecule has 0 radical (unpaired) electrons. The van der Waals surface area contributed by atoms with Crippen LogP contribution in [0.25, 0.3) is 5.69 Å². The summed E-state index contributed by atoms with van der Waals surface area (Å²) in [5.41, 5.74) is 1.31. The number of benzene rings is 1. The highest BCUT2D eigenvalue weighted by atomic mass is 19.1. The number of nitrogens with zero attached hydrogens (tertiary/aromatic N) is 5. The van der Waals surface area contributed by atoms with E-state index in [1.54, 1.807) is 7.11 Å². The fourth-order valence-corrected chi connectivity index (χ4v) is 3.75. The van der Waals surface area contributed by atoms with E-state index >= 15 is 0 Å². The molecule has 0 spiro atoms. The predicted octanol–water partition coefficient (Wildman–Crippen LogP) is 3.86. The van der Waals surface area contributed by atoms with Gasteiger partial charge in [-0.1, -0.05) is 0 Å². The molecule has 0 amide bonds. The standard InChI is InChI=1S/C21H24F2N6O/c1-14-6-19(25-20(7-14)28-5-3-4-15(11-28)12-30-2)26-21-24-13-29(27-21)18-9-16(22)8-17(23)10-18/h6-10,13,15H,3-5,11-12H2,1-2H3,(H,25,26,27). The SMILES string of the molecule is COCC1CCCN(c2cc(C)cc(Nc3ncn(-c4cc(F)cc(F)c4)n3)n2)C1. The van der Waals surface area contributed by atoms with Crippen molar-refractivity contribution in [2.75, 3.05) is 37.0 Å². The van der Waals surface area contributed by atoms with Crippen LogP contribution in [0, 0.1) is 24.5 Å². The molecule has 158 valence electrons. The Kier molecular flexibility index (Phi) is 5.89. The van der Waals surface area contributed by atoms with E-state index in [9.17, 15) is 8.78 Å². The minimum Gasteiger partial charge on any atom is -0.384 e. The van der Waals surface area contributed by atoms with Gasteiger partial charge in [0.25, 0.3) is 0 Å². The Morgan fingerprint density at radius 1 is 1.17 bits per heavy atom. The van der Waals surface area contributed by atoms with Crippen molar-refractivity contribution in [3.05, 3.63) is 53.9 Å². The number of rotatable bonds is 6. The molecule has 3 aromatic rings. The summed E-state index contributed by atoms with van der Waals surface area (Å²) in [5.74, 6) is 0.944. The van der Waals surface area contributed by atoms with E-state index in [2.05, 4.69) is 26.4 Å². The Labute approximate surface area is 173 Å². The summed E-state index contributed by atoms with van der Waals surface area (Å²) in [6.45, 7) is 4.61. The largest absolute Gasteiger partial charge is 0.384 e. The highest BCUT2D eigenvalue weighted by molar-refractivity contribution is 5.55. The lowest BCUT2D eigenvalue weighted by Crippen LogP contribution is -2.37. The molecule has 0 bridgehead atoms. The third kappa shape index (κ3) is 4.73. The van der Waals surface area contributed by atoms with Crippen LogP contribution in [0.1, 0.15) is 18.4 Å². The number of aromatic nitrogens is 4. The molecule has 0 aliphatic carbocycles. The molecule has 2 aromatic heterocycles. The fourth-order valence-electron chi connectivity index (χ4n) is 3.75. The number of anilines is 3. The molecule has 4 rings (SSSR count). The van der Waals surface area contributed by atoms with Crippen LogP contribution in [0.4, 0.5) is 26.4 Å². The second-order valence-electron chi connectivity index (χ2n) is 7.56.